The molecular formula is C15H14N2O3S. The highest BCUT2D eigenvalue weighted by Crippen LogP contribution is 2.19. The summed E-state index contributed by atoms with van der Waals surface area (Å²) in [6, 6.07) is 12.5. The van der Waals surface area contributed by atoms with Gasteiger partial charge in [-0.2, -0.15) is 0 Å². The van der Waals surface area contributed by atoms with E-state index in [1.54, 1.807) is 6.07 Å². The number of amides is 1. The summed E-state index contributed by atoms with van der Waals surface area (Å²) in [5.74, 6) is -0.553. The first-order valence-corrected chi connectivity index (χ1v) is 7.31. The summed E-state index contributed by atoms with van der Waals surface area (Å²) in [7, 11) is 0. The van der Waals surface area contributed by atoms with E-state index in [1.165, 1.54) is 24.0 Å². The largest absolute Gasteiger partial charge is 0.477 e. The van der Waals surface area contributed by atoms with E-state index in [0.29, 0.717) is 12.2 Å². The summed E-state index contributed by atoms with van der Waals surface area (Å²) in [6.45, 7) is 0. The molecule has 6 heteroatoms. The number of hydrogen-bond acceptors (Lipinski definition) is 4. The van der Waals surface area contributed by atoms with Gasteiger partial charge in [0.2, 0.25) is 5.91 Å². The van der Waals surface area contributed by atoms with Gasteiger partial charge >= 0.3 is 5.97 Å². The smallest absolute Gasteiger partial charge is 0.354 e. The van der Waals surface area contributed by atoms with E-state index in [9.17, 15) is 9.59 Å². The highest BCUT2D eigenvalue weighted by Gasteiger charge is 2.06. The minimum absolute atomic E-state index is 0.00809. The number of carboxylic acid groups (broad SMARTS) is 1. The number of para-hydroxylation sites is 1. The number of hydrogen-bond donors (Lipinski definition) is 2. The fraction of sp³-hybridized carbons (Fsp3) is 0.133. The first-order chi connectivity index (χ1) is 10.1. The zero-order valence-electron chi connectivity index (χ0n) is 11.2. The lowest BCUT2D eigenvalue weighted by molar-refractivity contribution is -0.115. The molecule has 0 radical (unpaired) electrons. The highest BCUT2D eigenvalue weighted by molar-refractivity contribution is 7.99. The van der Waals surface area contributed by atoms with Crippen molar-refractivity contribution >= 4 is 29.3 Å². The number of aromatic carboxylic acids is 1. The summed E-state index contributed by atoms with van der Waals surface area (Å²) in [5.41, 5.74) is 0.776. The van der Waals surface area contributed by atoms with Crippen LogP contribution in [0.25, 0.3) is 0 Å². The summed E-state index contributed by atoms with van der Waals surface area (Å²) < 4.78 is 0. The second-order valence-corrected chi connectivity index (χ2v) is 5.36. The van der Waals surface area contributed by atoms with Crippen molar-refractivity contribution in [1.82, 2.24) is 4.98 Å². The van der Waals surface area contributed by atoms with Crippen molar-refractivity contribution in [2.75, 3.05) is 11.1 Å². The maximum Gasteiger partial charge on any atom is 0.354 e. The lowest BCUT2D eigenvalue weighted by Gasteiger charge is -2.05. The summed E-state index contributed by atoms with van der Waals surface area (Å²) in [4.78, 5) is 27.1. The van der Waals surface area contributed by atoms with Crippen LogP contribution in [0.1, 0.15) is 16.9 Å². The second kappa shape index (κ2) is 7.44. The van der Waals surface area contributed by atoms with Crippen molar-refractivity contribution in [2.45, 2.75) is 11.3 Å². The Hall–Kier alpha value is -2.34. The van der Waals surface area contributed by atoms with Crippen LogP contribution in [0.15, 0.2) is 53.6 Å². The van der Waals surface area contributed by atoms with Gasteiger partial charge in [0.05, 0.1) is 0 Å². The second-order valence-electron chi connectivity index (χ2n) is 4.19. The predicted molar refractivity (Wildman–Crippen MR) is 81.6 cm³/mol. The Labute approximate surface area is 126 Å². The van der Waals surface area contributed by atoms with Crippen molar-refractivity contribution in [3.05, 3.63) is 54.4 Å². The van der Waals surface area contributed by atoms with Gasteiger partial charge in [-0.1, -0.05) is 18.2 Å². The number of thioether (sulfide) groups is 1. The molecule has 0 aliphatic carbocycles. The van der Waals surface area contributed by atoms with Crippen LogP contribution in [0.2, 0.25) is 0 Å². The summed E-state index contributed by atoms with van der Waals surface area (Å²) in [5, 5.41) is 11.7. The number of carbonyl (C=O) groups excluding carboxylic acids is 1. The fourth-order valence-corrected chi connectivity index (χ4v) is 2.50. The molecule has 2 N–H and O–H groups in total. The molecule has 0 bridgehead atoms. The molecule has 2 aromatic rings. The topological polar surface area (TPSA) is 79.3 Å². The van der Waals surface area contributed by atoms with Crippen LogP contribution in [0.4, 0.5) is 5.69 Å². The maximum absolute atomic E-state index is 11.7. The molecule has 0 aliphatic rings. The van der Waals surface area contributed by atoms with Gasteiger partial charge < -0.3 is 10.4 Å². The van der Waals surface area contributed by atoms with Crippen molar-refractivity contribution in [1.29, 1.82) is 0 Å². The lowest BCUT2D eigenvalue weighted by Crippen LogP contribution is -2.11. The Kier molecular flexibility index (Phi) is 5.34. The monoisotopic (exact) mass is 302 g/mol. The van der Waals surface area contributed by atoms with Gasteiger partial charge in [-0.05, 0) is 24.3 Å². The molecule has 5 nitrogen and oxygen atoms in total. The first kappa shape index (κ1) is 15.1. The van der Waals surface area contributed by atoms with Crippen LogP contribution >= 0.6 is 11.8 Å². The van der Waals surface area contributed by atoms with Crippen LogP contribution in [-0.2, 0) is 4.79 Å². The van der Waals surface area contributed by atoms with Gasteiger partial charge in [-0.3, -0.25) is 4.79 Å². The van der Waals surface area contributed by atoms with Crippen molar-refractivity contribution in [3.63, 3.8) is 0 Å². The summed E-state index contributed by atoms with van der Waals surface area (Å²) >= 11 is 1.43. The fourth-order valence-electron chi connectivity index (χ4n) is 1.62. The van der Waals surface area contributed by atoms with Gasteiger partial charge in [-0.25, -0.2) is 9.78 Å². The molecule has 1 aromatic heterocycles. The molecule has 0 saturated heterocycles. The zero-order valence-corrected chi connectivity index (χ0v) is 12.0. The third-order valence-corrected chi connectivity index (χ3v) is 3.60. The van der Waals surface area contributed by atoms with E-state index in [-0.39, 0.29) is 11.6 Å². The van der Waals surface area contributed by atoms with E-state index in [2.05, 4.69) is 10.3 Å². The first-order valence-electron chi connectivity index (χ1n) is 6.32. The highest BCUT2D eigenvalue weighted by atomic mass is 32.2. The molecule has 1 heterocycles. The molecule has 1 aromatic carbocycles. The lowest BCUT2D eigenvalue weighted by atomic mass is 10.3. The quantitative estimate of drug-likeness (QED) is 0.802. The average Bonchev–Trinajstić information content (AvgIpc) is 2.48. The number of aromatic nitrogens is 1. The molecule has 1 amide bonds. The Morgan fingerprint density at radius 3 is 2.67 bits per heavy atom. The van der Waals surface area contributed by atoms with Gasteiger partial charge in [0.15, 0.2) is 0 Å². The number of carbonyl (C=O) groups is 2. The SMILES string of the molecule is O=C(CCSc1ccnc(C(=O)O)c1)Nc1ccccc1. The van der Waals surface area contributed by atoms with E-state index < -0.39 is 5.97 Å². The standard InChI is InChI=1S/C15H14N2O3S/c18-14(17-11-4-2-1-3-5-11)7-9-21-12-6-8-16-13(10-12)15(19)20/h1-6,8,10H,7,9H2,(H,17,18)(H,19,20). The van der Waals surface area contributed by atoms with E-state index in [0.717, 1.165) is 10.6 Å². The molecule has 21 heavy (non-hydrogen) atoms. The molecule has 2 rings (SSSR count). The summed E-state index contributed by atoms with van der Waals surface area (Å²) in [6.07, 6.45) is 1.81. The van der Waals surface area contributed by atoms with Gasteiger partial charge in [0.1, 0.15) is 5.69 Å². The van der Waals surface area contributed by atoms with E-state index in [4.69, 9.17) is 5.11 Å². The Bertz CT molecular complexity index is 632. The molecule has 0 fully saturated rings. The van der Waals surface area contributed by atoms with E-state index in [1.807, 2.05) is 30.3 Å². The van der Waals surface area contributed by atoms with E-state index >= 15 is 0 Å². The third-order valence-electron chi connectivity index (χ3n) is 2.61. The van der Waals surface area contributed by atoms with Gasteiger partial charge in [0, 0.05) is 29.0 Å². The molecule has 0 atom stereocenters. The zero-order chi connectivity index (χ0) is 15.1. The van der Waals surface area contributed by atoms with Crippen molar-refractivity contribution in [2.24, 2.45) is 0 Å². The van der Waals surface area contributed by atoms with Crippen molar-refractivity contribution in [3.8, 4) is 0 Å². The number of nitrogens with one attached hydrogen (secondary N) is 1. The predicted octanol–water partition coefficient (Wildman–Crippen LogP) is 2.90. The molecule has 0 saturated carbocycles. The van der Waals surface area contributed by atoms with Crippen LogP contribution in [0.5, 0.6) is 0 Å². The van der Waals surface area contributed by atoms with Crippen LogP contribution < -0.4 is 5.32 Å². The Balaban J connectivity index is 1.80. The number of pyridine rings is 1. The normalized spacial score (nSPS) is 10.1. The minimum Gasteiger partial charge on any atom is -0.477 e. The number of anilines is 1. The molecule has 0 unspecified atom stereocenters. The molecule has 108 valence electrons. The number of carboxylic acids is 1. The average molecular weight is 302 g/mol. The Morgan fingerprint density at radius 1 is 1.19 bits per heavy atom. The van der Waals surface area contributed by atoms with Crippen LogP contribution in [0.3, 0.4) is 0 Å². The molecular weight excluding hydrogens is 288 g/mol. The third kappa shape index (κ3) is 4.92. The van der Waals surface area contributed by atoms with Crippen molar-refractivity contribution < 1.29 is 14.7 Å². The van der Waals surface area contributed by atoms with Crippen LogP contribution in [-0.4, -0.2) is 27.7 Å². The molecule has 0 aliphatic heterocycles. The Morgan fingerprint density at radius 2 is 1.95 bits per heavy atom. The number of rotatable bonds is 6. The number of nitrogens with zero attached hydrogens (tertiary/aromatic N) is 1. The minimum atomic E-state index is -1.06. The van der Waals surface area contributed by atoms with Gasteiger partial charge in [0.25, 0.3) is 0 Å². The van der Waals surface area contributed by atoms with Crippen LogP contribution in [0, 0.1) is 0 Å². The number of benzene rings is 1. The molecule has 0 spiro atoms. The maximum atomic E-state index is 11.7. The van der Waals surface area contributed by atoms with Gasteiger partial charge in [-0.15, -0.1) is 11.8 Å².